The Hall–Kier alpha value is -2.42. The van der Waals surface area contributed by atoms with Crippen LogP contribution >= 0.6 is 0 Å². The highest BCUT2D eigenvalue weighted by atomic mass is 32.2. The maximum absolute atomic E-state index is 13.3. The molecule has 7 nitrogen and oxygen atoms in total. The fourth-order valence-electron chi connectivity index (χ4n) is 4.83. The van der Waals surface area contributed by atoms with Gasteiger partial charge >= 0.3 is 0 Å². The number of hydrogen-bond donors (Lipinski definition) is 2. The van der Waals surface area contributed by atoms with Gasteiger partial charge in [-0.2, -0.15) is 0 Å². The summed E-state index contributed by atoms with van der Waals surface area (Å²) >= 11 is 0. The molecule has 30 heavy (non-hydrogen) atoms. The number of methoxy groups -OCH3 is 1. The second-order valence-electron chi connectivity index (χ2n) is 8.09. The highest BCUT2D eigenvalue weighted by Crippen LogP contribution is 2.43. The zero-order chi connectivity index (χ0) is 21.4. The van der Waals surface area contributed by atoms with Crippen molar-refractivity contribution in [3.63, 3.8) is 0 Å². The Morgan fingerprint density at radius 1 is 1.20 bits per heavy atom. The first kappa shape index (κ1) is 20.8. The van der Waals surface area contributed by atoms with Gasteiger partial charge in [-0.25, -0.2) is 13.6 Å². The first-order chi connectivity index (χ1) is 14.3. The standard InChI is InChI=1S/C22H27N3O4S/c1-29-20-10-9-18(30(23,27)28)14-19(20)21(26)24-22-12-5-8-17(11-13-22)25(22)15-16-6-3-2-4-7-16/h2-4,6-7,9-10,14,17H,5,8,11-13,15H2,1H3,(H,24,26)(H2,23,27,28). The minimum absolute atomic E-state index is 0.111. The maximum Gasteiger partial charge on any atom is 0.256 e. The molecule has 8 heteroatoms. The average Bonchev–Trinajstić information content (AvgIpc) is 2.91. The van der Waals surface area contributed by atoms with Crippen molar-refractivity contribution in [1.29, 1.82) is 0 Å². The minimum Gasteiger partial charge on any atom is -0.496 e. The Morgan fingerprint density at radius 3 is 2.67 bits per heavy atom. The van der Waals surface area contributed by atoms with E-state index in [-0.39, 0.29) is 16.4 Å². The van der Waals surface area contributed by atoms with Gasteiger partial charge < -0.3 is 10.1 Å². The number of amides is 1. The van der Waals surface area contributed by atoms with Crippen molar-refractivity contribution in [3.8, 4) is 5.75 Å². The Kier molecular flexibility index (Phi) is 5.57. The van der Waals surface area contributed by atoms with Crippen molar-refractivity contribution in [2.45, 2.75) is 55.2 Å². The fourth-order valence-corrected chi connectivity index (χ4v) is 5.37. The molecular weight excluding hydrogens is 402 g/mol. The number of ether oxygens (including phenoxy) is 1. The normalized spacial score (nSPS) is 23.9. The van der Waals surface area contributed by atoms with Crippen molar-refractivity contribution >= 4 is 15.9 Å². The lowest BCUT2D eigenvalue weighted by Crippen LogP contribution is -2.60. The smallest absolute Gasteiger partial charge is 0.256 e. The van der Waals surface area contributed by atoms with Gasteiger partial charge in [0.2, 0.25) is 10.0 Å². The van der Waals surface area contributed by atoms with Gasteiger partial charge in [-0.05, 0) is 55.9 Å². The Labute approximate surface area is 177 Å². The summed E-state index contributed by atoms with van der Waals surface area (Å²) in [5.74, 6) is -0.0331. The molecule has 0 saturated carbocycles. The third-order valence-corrected chi connectivity index (χ3v) is 7.21. The number of rotatable bonds is 6. The summed E-state index contributed by atoms with van der Waals surface area (Å²) in [7, 11) is -2.47. The van der Waals surface area contributed by atoms with Crippen molar-refractivity contribution in [2.24, 2.45) is 5.14 Å². The van der Waals surface area contributed by atoms with E-state index < -0.39 is 15.7 Å². The molecule has 0 aromatic heterocycles. The van der Waals surface area contributed by atoms with Crippen LogP contribution in [0.4, 0.5) is 0 Å². The number of carbonyl (C=O) groups excluding carboxylic acids is 1. The van der Waals surface area contributed by atoms with E-state index in [9.17, 15) is 13.2 Å². The van der Waals surface area contributed by atoms with Crippen molar-refractivity contribution in [3.05, 3.63) is 59.7 Å². The molecule has 2 unspecified atom stereocenters. The predicted molar refractivity (Wildman–Crippen MR) is 113 cm³/mol. The van der Waals surface area contributed by atoms with Gasteiger partial charge in [-0.3, -0.25) is 9.69 Å². The molecule has 2 saturated heterocycles. The number of fused-ring (bicyclic) bond motifs is 2. The van der Waals surface area contributed by atoms with Crippen LogP contribution in [0.25, 0.3) is 0 Å². The SMILES string of the molecule is COc1ccc(S(N)(=O)=O)cc1C(=O)NC12CCCC(CC1)N2Cc1ccccc1. The second-order valence-corrected chi connectivity index (χ2v) is 9.65. The lowest BCUT2D eigenvalue weighted by Gasteiger charge is -2.45. The van der Waals surface area contributed by atoms with E-state index in [0.717, 1.165) is 38.6 Å². The van der Waals surface area contributed by atoms with Gasteiger partial charge in [-0.15, -0.1) is 0 Å². The first-order valence-electron chi connectivity index (χ1n) is 10.2. The number of carbonyl (C=O) groups is 1. The molecule has 2 aromatic rings. The third-order valence-electron chi connectivity index (χ3n) is 6.30. The quantitative estimate of drug-likeness (QED) is 0.735. The molecule has 2 aliphatic rings. The molecule has 0 aliphatic carbocycles. The van der Waals surface area contributed by atoms with E-state index in [1.54, 1.807) is 0 Å². The summed E-state index contributed by atoms with van der Waals surface area (Å²) in [6, 6.07) is 14.8. The number of hydrogen-bond acceptors (Lipinski definition) is 5. The Balaban J connectivity index is 1.64. The summed E-state index contributed by atoms with van der Waals surface area (Å²) in [6.45, 7) is 0.764. The summed E-state index contributed by atoms with van der Waals surface area (Å²) in [5, 5.41) is 8.49. The van der Waals surface area contributed by atoms with Crippen LogP contribution in [-0.4, -0.2) is 38.0 Å². The molecular formula is C22H27N3O4S. The zero-order valence-electron chi connectivity index (χ0n) is 17.0. The van der Waals surface area contributed by atoms with E-state index >= 15 is 0 Å². The van der Waals surface area contributed by atoms with Gasteiger partial charge in [-0.1, -0.05) is 30.3 Å². The van der Waals surface area contributed by atoms with E-state index in [4.69, 9.17) is 9.88 Å². The largest absolute Gasteiger partial charge is 0.496 e. The van der Waals surface area contributed by atoms with Crippen LogP contribution in [0.2, 0.25) is 0 Å². The molecule has 4 rings (SSSR count). The number of nitrogens with zero attached hydrogens (tertiary/aromatic N) is 1. The molecule has 2 heterocycles. The van der Waals surface area contributed by atoms with Crippen LogP contribution in [0.3, 0.4) is 0 Å². The molecule has 2 aromatic carbocycles. The summed E-state index contributed by atoms with van der Waals surface area (Å²) < 4.78 is 28.9. The maximum atomic E-state index is 13.3. The topological polar surface area (TPSA) is 102 Å². The molecule has 1 amide bonds. The van der Waals surface area contributed by atoms with E-state index in [1.807, 2.05) is 18.2 Å². The third kappa shape index (κ3) is 3.95. The van der Waals surface area contributed by atoms with Gasteiger partial charge in [0.15, 0.2) is 0 Å². The van der Waals surface area contributed by atoms with Crippen molar-refractivity contribution < 1.29 is 17.9 Å². The molecule has 3 N–H and O–H groups in total. The highest BCUT2D eigenvalue weighted by Gasteiger charge is 2.49. The van der Waals surface area contributed by atoms with Crippen LogP contribution < -0.4 is 15.2 Å². The Morgan fingerprint density at radius 2 is 1.97 bits per heavy atom. The summed E-state index contributed by atoms with van der Waals surface area (Å²) in [4.78, 5) is 15.6. The number of primary sulfonamides is 1. The van der Waals surface area contributed by atoms with Crippen molar-refractivity contribution in [1.82, 2.24) is 10.2 Å². The van der Waals surface area contributed by atoms with Gasteiger partial charge in [0.25, 0.3) is 5.91 Å². The van der Waals surface area contributed by atoms with E-state index in [2.05, 4.69) is 22.3 Å². The molecule has 2 bridgehead atoms. The van der Waals surface area contributed by atoms with Gasteiger partial charge in [0, 0.05) is 12.6 Å². The second kappa shape index (κ2) is 8.02. The first-order valence-corrected chi connectivity index (χ1v) is 11.7. The van der Waals surface area contributed by atoms with Crippen LogP contribution in [0.1, 0.15) is 48.0 Å². The number of nitrogens with two attached hydrogens (primary N) is 1. The van der Waals surface area contributed by atoms with Crippen LogP contribution in [0, 0.1) is 0 Å². The Bertz CT molecular complexity index is 1040. The lowest BCUT2D eigenvalue weighted by atomic mass is 9.95. The van der Waals surface area contributed by atoms with Crippen LogP contribution in [-0.2, 0) is 16.6 Å². The zero-order valence-corrected chi connectivity index (χ0v) is 17.8. The number of nitrogens with one attached hydrogen (secondary N) is 1. The predicted octanol–water partition coefficient (Wildman–Crippen LogP) is 2.62. The molecule has 2 aliphatic heterocycles. The average molecular weight is 430 g/mol. The monoisotopic (exact) mass is 429 g/mol. The summed E-state index contributed by atoms with van der Waals surface area (Å²) in [5.41, 5.74) is 0.934. The minimum atomic E-state index is -3.93. The molecule has 2 atom stereocenters. The van der Waals surface area contributed by atoms with Gasteiger partial charge in [0.1, 0.15) is 5.75 Å². The van der Waals surface area contributed by atoms with E-state index in [1.165, 1.54) is 30.9 Å². The number of piperidine rings is 1. The molecule has 2 fully saturated rings. The number of benzene rings is 2. The van der Waals surface area contributed by atoms with Crippen LogP contribution in [0.15, 0.2) is 53.4 Å². The summed E-state index contributed by atoms with van der Waals surface area (Å²) in [6.07, 6.45) is 4.92. The molecule has 0 radical (unpaired) electrons. The van der Waals surface area contributed by atoms with E-state index in [0.29, 0.717) is 11.8 Å². The van der Waals surface area contributed by atoms with Crippen LogP contribution in [0.5, 0.6) is 5.75 Å². The fraction of sp³-hybridized carbons (Fsp3) is 0.409. The number of sulfonamides is 1. The molecule has 160 valence electrons. The molecule has 0 spiro atoms. The van der Waals surface area contributed by atoms with Crippen molar-refractivity contribution in [2.75, 3.05) is 7.11 Å². The highest BCUT2D eigenvalue weighted by molar-refractivity contribution is 7.89. The van der Waals surface area contributed by atoms with Gasteiger partial charge in [0.05, 0.1) is 23.2 Å². The lowest BCUT2D eigenvalue weighted by molar-refractivity contribution is 0.0184.